The predicted molar refractivity (Wildman–Crippen MR) is 57.7 cm³/mol. The number of aromatic nitrogens is 1. The first kappa shape index (κ1) is 10.4. The highest BCUT2D eigenvalue weighted by Gasteiger charge is 2.31. The van der Waals surface area contributed by atoms with E-state index in [2.05, 4.69) is 11.9 Å². The van der Waals surface area contributed by atoms with Crippen LogP contribution in [0, 0.1) is 5.92 Å². The van der Waals surface area contributed by atoms with Crippen LogP contribution in [-0.2, 0) is 0 Å². The fraction of sp³-hybridized carbons (Fsp3) is 0.583. The number of ether oxygens (including phenoxy) is 1. The Hall–Kier alpha value is -1.09. The molecule has 0 amide bonds. The summed E-state index contributed by atoms with van der Waals surface area (Å²) in [6.45, 7) is 2.76. The van der Waals surface area contributed by atoms with E-state index < -0.39 is 0 Å². The second-order valence-electron chi connectivity index (χ2n) is 4.08. The maximum Gasteiger partial charge on any atom is 0.137 e. The molecule has 82 valence electrons. The van der Waals surface area contributed by atoms with Crippen LogP contribution in [-0.4, -0.2) is 16.7 Å². The Labute approximate surface area is 90.1 Å². The average Bonchev–Trinajstić information content (AvgIpc) is 3.09. The molecule has 0 radical (unpaired) electrons. The van der Waals surface area contributed by atoms with E-state index in [4.69, 9.17) is 4.74 Å². The number of rotatable bonds is 5. The van der Waals surface area contributed by atoms with Gasteiger partial charge < -0.3 is 9.84 Å². The molecule has 1 aliphatic rings. The second kappa shape index (κ2) is 4.62. The van der Waals surface area contributed by atoms with Crippen molar-refractivity contribution in [2.24, 2.45) is 5.92 Å². The molecule has 1 heterocycles. The van der Waals surface area contributed by atoms with Crippen LogP contribution in [0.25, 0.3) is 0 Å². The first-order chi connectivity index (χ1) is 7.31. The zero-order chi connectivity index (χ0) is 10.7. The number of hydrogen-bond acceptors (Lipinski definition) is 3. The van der Waals surface area contributed by atoms with Gasteiger partial charge in [0.15, 0.2) is 0 Å². The van der Waals surface area contributed by atoms with Crippen molar-refractivity contribution in [2.75, 3.05) is 6.61 Å². The van der Waals surface area contributed by atoms with Crippen molar-refractivity contribution >= 4 is 0 Å². The van der Waals surface area contributed by atoms with Crippen LogP contribution in [0.3, 0.4) is 0 Å². The van der Waals surface area contributed by atoms with Crippen LogP contribution < -0.4 is 4.74 Å². The number of aliphatic hydroxyl groups is 1. The van der Waals surface area contributed by atoms with Gasteiger partial charge in [-0.15, -0.1) is 0 Å². The van der Waals surface area contributed by atoms with E-state index in [0.717, 1.165) is 30.6 Å². The zero-order valence-corrected chi connectivity index (χ0v) is 9.02. The van der Waals surface area contributed by atoms with E-state index in [9.17, 15) is 5.11 Å². The summed E-state index contributed by atoms with van der Waals surface area (Å²) in [5, 5.41) is 9.91. The van der Waals surface area contributed by atoms with E-state index in [0.29, 0.717) is 12.5 Å². The molecular weight excluding hydrogens is 190 g/mol. The summed E-state index contributed by atoms with van der Waals surface area (Å²) in [6.07, 6.45) is 6.29. The lowest BCUT2D eigenvalue weighted by atomic mass is 10.1. The third kappa shape index (κ3) is 2.69. The van der Waals surface area contributed by atoms with E-state index in [1.807, 2.05) is 6.07 Å². The van der Waals surface area contributed by atoms with Crippen molar-refractivity contribution in [3.05, 3.63) is 24.0 Å². The van der Waals surface area contributed by atoms with Gasteiger partial charge in [0.05, 0.1) is 18.9 Å². The predicted octanol–water partition coefficient (Wildman–Crippen LogP) is 2.31. The molecule has 1 aromatic heterocycles. The fourth-order valence-corrected chi connectivity index (χ4v) is 1.58. The lowest BCUT2D eigenvalue weighted by Gasteiger charge is -2.10. The fourth-order valence-electron chi connectivity index (χ4n) is 1.58. The second-order valence-corrected chi connectivity index (χ2v) is 4.08. The molecule has 1 aliphatic carbocycles. The largest absolute Gasteiger partial charge is 0.492 e. The Bertz CT molecular complexity index is 323. The Morgan fingerprint density at radius 3 is 3.00 bits per heavy atom. The van der Waals surface area contributed by atoms with Gasteiger partial charge in [0.2, 0.25) is 0 Å². The number of nitrogens with zero attached hydrogens (tertiary/aromatic N) is 1. The molecule has 1 N–H and O–H groups in total. The van der Waals surface area contributed by atoms with Gasteiger partial charge >= 0.3 is 0 Å². The molecule has 15 heavy (non-hydrogen) atoms. The van der Waals surface area contributed by atoms with Crippen molar-refractivity contribution in [3.8, 4) is 5.75 Å². The Morgan fingerprint density at radius 1 is 1.53 bits per heavy atom. The molecule has 1 unspecified atom stereocenters. The molecule has 1 atom stereocenters. The molecule has 0 aliphatic heterocycles. The zero-order valence-electron chi connectivity index (χ0n) is 9.02. The summed E-state index contributed by atoms with van der Waals surface area (Å²) in [4.78, 5) is 4.08. The normalized spacial score (nSPS) is 17.5. The Balaban J connectivity index is 2.04. The summed E-state index contributed by atoms with van der Waals surface area (Å²) < 4.78 is 5.47. The van der Waals surface area contributed by atoms with Crippen molar-refractivity contribution < 1.29 is 9.84 Å². The van der Waals surface area contributed by atoms with Crippen LogP contribution in [0.1, 0.15) is 37.9 Å². The average molecular weight is 207 g/mol. The van der Waals surface area contributed by atoms with E-state index in [1.54, 1.807) is 12.4 Å². The highest BCUT2D eigenvalue weighted by atomic mass is 16.5. The van der Waals surface area contributed by atoms with Crippen molar-refractivity contribution in [1.29, 1.82) is 0 Å². The third-order valence-electron chi connectivity index (χ3n) is 2.62. The van der Waals surface area contributed by atoms with E-state index in [-0.39, 0.29) is 6.10 Å². The minimum atomic E-state index is -0.359. The smallest absolute Gasteiger partial charge is 0.137 e. The van der Waals surface area contributed by atoms with E-state index >= 15 is 0 Å². The first-order valence-corrected chi connectivity index (χ1v) is 5.57. The molecule has 0 saturated heterocycles. The highest BCUT2D eigenvalue weighted by molar-refractivity contribution is 5.26. The van der Waals surface area contributed by atoms with Gasteiger partial charge in [-0.05, 0) is 31.2 Å². The molecule has 1 saturated carbocycles. The number of hydrogen-bond donors (Lipinski definition) is 1. The molecule has 0 spiro atoms. The topological polar surface area (TPSA) is 42.4 Å². The number of aliphatic hydroxyl groups excluding tert-OH is 1. The SMILES string of the molecule is CCCOc1cncc(C(O)C2CC2)c1. The lowest BCUT2D eigenvalue weighted by Crippen LogP contribution is -2.02. The summed E-state index contributed by atoms with van der Waals surface area (Å²) in [7, 11) is 0. The minimum Gasteiger partial charge on any atom is -0.492 e. The monoisotopic (exact) mass is 207 g/mol. The summed E-state index contributed by atoms with van der Waals surface area (Å²) >= 11 is 0. The van der Waals surface area contributed by atoms with Gasteiger partial charge in [-0.2, -0.15) is 0 Å². The van der Waals surface area contributed by atoms with Crippen molar-refractivity contribution in [2.45, 2.75) is 32.3 Å². The number of pyridine rings is 1. The lowest BCUT2D eigenvalue weighted by molar-refractivity contribution is 0.153. The van der Waals surface area contributed by atoms with Gasteiger partial charge in [-0.1, -0.05) is 6.92 Å². The first-order valence-electron chi connectivity index (χ1n) is 5.57. The Morgan fingerprint density at radius 2 is 2.33 bits per heavy atom. The van der Waals surface area contributed by atoms with Gasteiger partial charge in [0.25, 0.3) is 0 Å². The summed E-state index contributed by atoms with van der Waals surface area (Å²) in [6, 6.07) is 1.89. The van der Waals surface area contributed by atoms with Crippen LogP contribution in [0.4, 0.5) is 0 Å². The van der Waals surface area contributed by atoms with Crippen LogP contribution in [0.2, 0.25) is 0 Å². The molecule has 0 bridgehead atoms. The van der Waals surface area contributed by atoms with E-state index in [1.165, 1.54) is 0 Å². The highest BCUT2D eigenvalue weighted by Crippen LogP contribution is 2.41. The van der Waals surface area contributed by atoms with Crippen LogP contribution in [0.15, 0.2) is 18.5 Å². The molecule has 2 rings (SSSR count). The molecule has 3 nitrogen and oxygen atoms in total. The van der Waals surface area contributed by atoms with Crippen LogP contribution in [0.5, 0.6) is 5.75 Å². The third-order valence-corrected chi connectivity index (χ3v) is 2.62. The maximum absolute atomic E-state index is 9.91. The molecule has 1 aromatic rings. The molecule has 0 aromatic carbocycles. The Kier molecular flexibility index (Phi) is 3.21. The molecule has 3 heteroatoms. The summed E-state index contributed by atoms with van der Waals surface area (Å²) in [5.74, 6) is 1.20. The molecular formula is C12H17NO2. The quantitative estimate of drug-likeness (QED) is 0.805. The molecule has 1 fully saturated rings. The van der Waals surface area contributed by atoms with Crippen molar-refractivity contribution in [1.82, 2.24) is 4.98 Å². The van der Waals surface area contributed by atoms with Gasteiger partial charge in [-0.3, -0.25) is 4.98 Å². The van der Waals surface area contributed by atoms with Crippen molar-refractivity contribution in [3.63, 3.8) is 0 Å². The minimum absolute atomic E-state index is 0.359. The summed E-state index contributed by atoms with van der Waals surface area (Å²) in [5.41, 5.74) is 0.881. The maximum atomic E-state index is 9.91. The standard InChI is InChI=1S/C12H17NO2/c1-2-5-15-11-6-10(7-13-8-11)12(14)9-3-4-9/h6-9,12,14H,2-5H2,1H3. The van der Waals surface area contributed by atoms with Crippen LogP contribution >= 0.6 is 0 Å². The van der Waals surface area contributed by atoms with Gasteiger partial charge in [0, 0.05) is 11.8 Å². The van der Waals surface area contributed by atoms with Gasteiger partial charge in [-0.25, -0.2) is 0 Å². The van der Waals surface area contributed by atoms with Gasteiger partial charge in [0.1, 0.15) is 5.75 Å².